The number of hydrogen-bond donors (Lipinski definition) is 1. The lowest BCUT2D eigenvalue weighted by Crippen LogP contribution is -2.05. The van der Waals surface area contributed by atoms with Gasteiger partial charge in [-0.25, -0.2) is 4.98 Å². The van der Waals surface area contributed by atoms with Crippen LogP contribution >= 0.6 is 23.2 Å². The molecule has 0 saturated carbocycles. The van der Waals surface area contributed by atoms with E-state index in [9.17, 15) is 0 Å². The van der Waals surface area contributed by atoms with Crippen LogP contribution in [0.4, 0.5) is 5.95 Å². The first-order valence-corrected chi connectivity index (χ1v) is 5.81. The molecule has 1 aromatic carbocycles. The van der Waals surface area contributed by atoms with Gasteiger partial charge < -0.3 is 5.32 Å². The van der Waals surface area contributed by atoms with Crippen LogP contribution in [-0.4, -0.2) is 16.1 Å². The first-order valence-electron chi connectivity index (χ1n) is 5.06. The zero-order chi connectivity index (χ0) is 12.3. The minimum Gasteiger partial charge on any atom is -0.352 e. The third-order valence-electron chi connectivity index (χ3n) is 2.21. The Balaban J connectivity index is 2.38. The van der Waals surface area contributed by atoms with Gasteiger partial charge in [-0.05, 0) is 18.2 Å². The number of halogens is 2. The monoisotopic (exact) mass is 267 g/mol. The molecule has 1 aromatic heterocycles. The van der Waals surface area contributed by atoms with Gasteiger partial charge in [0.1, 0.15) is 0 Å². The van der Waals surface area contributed by atoms with Crippen LogP contribution in [0, 0.1) is 0 Å². The molecule has 0 aliphatic heterocycles. The van der Waals surface area contributed by atoms with Crippen LogP contribution in [0.15, 0.2) is 43.2 Å². The lowest BCUT2D eigenvalue weighted by atomic mass is 10.3. The molecule has 0 fully saturated rings. The molecule has 0 spiro atoms. The summed E-state index contributed by atoms with van der Waals surface area (Å²) < 4.78 is 1.86. The molecule has 88 valence electrons. The van der Waals surface area contributed by atoms with E-state index in [1.807, 2.05) is 16.8 Å². The van der Waals surface area contributed by atoms with Crippen molar-refractivity contribution >= 4 is 29.2 Å². The van der Waals surface area contributed by atoms with Crippen LogP contribution in [0.5, 0.6) is 0 Å². The minimum atomic E-state index is 0.581. The van der Waals surface area contributed by atoms with Gasteiger partial charge in [0.25, 0.3) is 0 Å². The Labute approximate surface area is 110 Å². The Morgan fingerprint density at radius 3 is 2.94 bits per heavy atom. The van der Waals surface area contributed by atoms with E-state index in [1.54, 1.807) is 24.4 Å². The molecule has 0 unspecified atom stereocenters. The van der Waals surface area contributed by atoms with Gasteiger partial charge in [0.2, 0.25) is 5.95 Å². The molecule has 0 radical (unpaired) electrons. The molecule has 17 heavy (non-hydrogen) atoms. The summed E-state index contributed by atoms with van der Waals surface area (Å²) in [6.45, 7) is 4.29. The number of nitrogens with zero attached hydrogens (tertiary/aromatic N) is 2. The molecule has 0 aliphatic rings. The smallest absolute Gasteiger partial charge is 0.207 e. The lowest BCUT2D eigenvalue weighted by Gasteiger charge is -2.10. The van der Waals surface area contributed by atoms with Crippen LogP contribution < -0.4 is 5.32 Å². The molecule has 0 bridgehead atoms. The fourth-order valence-electron chi connectivity index (χ4n) is 1.47. The third-order valence-corrected chi connectivity index (χ3v) is 2.75. The number of hydrogen-bond acceptors (Lipinski definition) is 2. The highest BCUT2D eigenvalue weighted by Crippen LogP contribution is 2.26. The van der Waals surface area contributed by atoms with Gasteiger partial charge in [0.15, 0.2) is 0 Å². The summed E-state index contributed by atoms with van der Waals surface area (Å²) in [6.07, 6.45) is 5.30. The molecule has 1 N–H and O–H groups in total. The number of anilines is 1. The minimum absolute atomic E-state index is 0.581. The summed E-state index contributed by atoms with van der Waals surface area (Å²) >= 11 is 12.0. The van der Waals surface area contributed by atoms with E-state index in [0.717, 1.165) is 5.69 Å². The SMILES string of the molecule is C=CCNc1nccn1-c1ccc(Cl)cc1Cl. The first kappa shape index (κ1) is 12.0. The normalized spacial score (nSPS) is 10.2. The molecule has 0 aliphatic carbocycles. The van der Waals surface area contributed by atoms with E-state index in [1.165, 1.54) is 0 Å². The van der Waals surface area contributed by atoms with Gasteiger partial charge in [-0.3, -0.25) is 4.57 Å². The van der Waals surface area contributed by atoms with Crippen molar-refractivity contribution in [2.45, 2.75) is 0 Å². The maximum Gasteiger partial charge on any atom is 0.207 e. The summed E-state index contributed by atoms with van der Waals surface area (Å²) in [4.78, 5) is 4.21. The summed E-state index contributed by atoms with van der Waals surface area (Å²) in [5.41, 5.74) is 0.833. The van der Waals surface area contributed by atoms with Gasteiger partial charge in [0.05, 0.1) is 10.7 Å². The van der Waals surface area contributed by atoms with Gasteiger partial charge in [-0.15, -0.1) is 6.58 Å². The van der Waals surface area contributed by atoms with Crippen molar-refractivity contribution < 1.29 is 0 Å². The molecule has 5 heteroatoms. The number of rotatable bonds is 4. The van der Waals surface area contributed by atoms with Crippen LogP contribution in [0.2, 0.25) is 10.0 Å². The topological polar surface area (TPSA) is 29.9 Å². The average molecular weight is 268 g/mol. The van der Waals surface area contributed by atoms with Crippen LogP contribution in [0.3, 0.4) is 0 Å². The highest BCUT2D eigenvalue weighted by molar-refractivity contribution is 6.35. The van der Waals surface area contributed by atoms with E-state index in [2.05, 4.69) is 16.9 Å². The van der Waals surface area contributed by atoms with Crippen LogP contribution in [0.1, 0.15) is 0 Å². The second-order valence-corrected chi connectivity index (χ2v) is 4.23. The number of imidazole rings is 1. The molecular weight excluding hydrogens is 257 g/mol. The highest BCUT2D eigenvalue weighted by atomic mass is 35.5. The van der Waals surface area contributed by atoms with Crippen LogP contribution in [-0.2, 0) is 0 Å². The Morgan fingerprint density at radius 2 is 2.24 bits per heavy atom. The Morgan fingerprint density at radius 1 is 1.41 bits per heavy atom. The zero-order valence-corrected chi connectivity index (χ0v) is 10.5. The van der Waals surface area contributed by atoms with Crippen molar-refractivity contribution in [2.24, 2.45) is 0 Å². The van der Waals surface area contributed by atoms with E-state index in [4.69, 9.17) is 23.2 Å². The summed E-state index contributed by atoms with van der Waals surface area (Å²) in [6, 6.07) is 5.35. The van der Waals surface area contributed by atoms with Crippen LogP contribution in [0.25, 0.3) is 5.69 Å². The molecule has 0 saturated heterocycles. The fraction of sp³-hybridized carbons (Fsp3) is 0.0833. The van der Waals surface area contributed by atoms with E-state index in [0.29, 0.717) is 22.5 Å². The van der Waals surface area contributed by atoms with E-state index in [-0.39, 0.29) is 0 Å². The van der Waals surface area contributed by atoms with Gasteiger partial charge in [-0.1, -0.05) is 29.3 Å². The predicted octanol–water partition coefficient (Wildman–Crippen LogP) is 3.78. The third kappa shape index (κ3) is 2.62. The van der Waals surface area contributed by atoms with Crippen molar-refractivity contribution in [3.8, 4) is 5.69 Å². The molecule has 2 rings (SSSR count). The summed E-state index contributed by atoms with van der Waals surface area (Å²) in [5, 5.41) is 4.32. The molecule has 3 nitrogen and oxygen atoms in total. The van der Waals surface area contributed by atoms with Crippen molar-refractivity contribution in [2.75, 3.05) is 11.9 Å². The van der Waals surface area contributed by atoms with Crippen molar-refractivity contribution in [3.05, 3.63) is 53.3 Å². The Hall–Kier alpha value is -1.45. The number of nitrogens with one attached hydrogen (secondary N) is 1. The van der Waals surface area contributed by atoms with Gasteiger partial charge >= 0.3 is 0 Å². The first-order chi connectivity index (χ1) is 8.22. The number of benzene rings is 1. The second kappa shape index (κ2) is 5.25. The van der Waals surface area contributed by atoms with E-state index >= 15 is 0 Å². The average Bonchev–Trinajstić information content (AvgIpc) is 2.74. The Kier molecular flexibility index (Phi) is 3.71. The summed E-state index contributed by atoms with van der Waals surface area (Å²) in [7, 11) is 0. The van der Waals surface area contributed by atoms with Crippen molar-refractivity contribution in [1.29, 1.82) is 0 Å². The molecule has 1 heterocycles. The summed E-state index contributed by atoms with van der Waals surface area (Å²) in [5.74, 6) is 0.717. The lowest BCUT2D eigenvalue weighted by molar-refractivity contribution is 1.04. The van der Waals surface area contributed by atoms with Gasteiger partial charge in [-0.2, -0.15) is 0 Å². The molecule has 0 amide bonds. The molecular formula is C12H11Cl2N3. The zero-order valence-electron chi connectivity index (χ0n) is 9.03. The predicted molar refractivity (Wildman–Crippen MR) is 72.3 cm³/mol. The maximum absolute atomic E-state index is 6.15. The number of aromatic nitrogens is 2. The largest absolute Gasteiger partial charge is 0.352 e. The van der Waals surface area contributed by atoms with Crippen molar-refractivity contribution in [3.63, 3.8) is 0 Å². The Bertz CT molecular complexity index is 534. The van der Waals surface area contributed by atoms with Gasteiger partial charge in [0, 0.05) is 24.0 Å². The molecule has 2 aromatic rings. The fourth-order valence-corrected chi connectivity index (χ4v) is 1.97. The quantitative estimate of drug-likeness (QED) is 0.855. The van der Waals surface area contributed by atoms with E-state index < -0.39 is 0 Å². The molecule has 0 atom stereocenters. The maximum atomic E-state index is 6.15. The highest BCUT2D eigenvalue weighted by Gasteiger charge is 2.07. The van der Waals surface area contributed by atoms with Crippen molar-refractivity contribution in [1.82, 2.24) is 9.55 Å². The second-order valence-electron chi connectivity index (χ2n) is 3.39. The standard InChI is InChI=1S/C12H11Cl2N3/c1-2-5-15-12-16-6-7-17(12)11-4-3-9(13)8-10(11)14/h2-4,6-8H,1,5H2,(H,15,16).